The van der Waals surface area contributed by atoms with Crippen molar-refractivity contribution < 1.29 is 23.4 Å². The van der Waals surface area contributed by atoms with E-state index in [-0.39, 0.29) is 17.7 Å². The van der Waals surface area contributed by atoms with Gasteiger partial charge in [-0.25, -0.2) is 0 Å². The number of rotatable bonds is 6. The van der Waals surface area contributed by atoms with Gasteiger partial charge >= 0.3 is 0 Å². The lowest BCUT2D eigenvalue weighted by Gasteiger charge is -2.13. The highest BCUT2D eigenvalue weighted by molar-refractivity contribution is 6.28. The summed E-state index contributed by atoms with van der Waals surface area (Å²) in [6.45, 7) is 0.224. The van der Waals surface area contributed by atoms with Crippen molar-refractivity contribution in [2.75, 3.05) is 21.3 Å². The zero-order chi connectivity index (χ0) is 16.1. The first kappa shape index (κ1) is 16.0. The van der Waals surface area contributed by atoms with Crippen LogP contribution in [0.5, 0.6) is 17.2 Å². The second-order valence-electron chi connectivity index (χ2n) is 4.30. The number of carbonyl (C=O) groups excluding carboxylic acids is 1. The molecule has 0 aliphatic heterocycles. The molecule has 0 aliphatic carbocycles. The van der Waals surface area contributed by atoms with Gasteiger partial charge in [-0.05, 0) is 35.9 Å². The van der Waals surface area contributed by atoms with Crippen molar-refractivity contribution in [3.05, 3.63) is 40.8 Å². The van der Waals surface area contributed by atoms with Gasteiger partial charge in [-0.3, -0.25) is 4.79 Å². The Balaban J connectivity index is 2.18. The molecular weight excluding hydrogens is 310 g/mol. The Labute approximate surface area is 132 Å². The van der Waals surface area contributed by atoms with Crippen molar-refractivity contribution in [2.24, 2.45) is 0 Å². The lowest BCUT2D eigenvalue weighted by Crippen LogP contribution is -2.22. The summed E-state index contributed by atoms with van der Waals surface area (Å²) in [5.74, 6) is 1.51. The van der Waals surface area contributed by atoms with Gasteiger partial charge in [-0.15, -0.1) is 0 Å². The molecule has 0 aliphatic rings. The summed E-state index contributed by atoms with van der Waals surface area (Å²) in [4.78, 5) is 12.2. The fourth-order valence-corrected chi connectivity index (χ4v) is 2.09. The lowest BCUT2D eigenvalue weighted by molar-refractivity contribution is 0.0947. The number of ether oxygens (including phenoxy) is 3. The van der Waals surface area contributed by atoms with E-state index in [2.05, 4.69) is 5.32 Å². The average Bonchev–Trinajstić information content (AvgIpc) is 2.96. The number of benzene rings is 1. The average molecular weight is 326 g/mol. The Kier molecular flexibility index (Phi) is 5.16. The van der Waals surface area contributed by atoms with Crippen molar-refractivity contribution in [2.45, 2.75) is 6.54 Å². The normalized spacial score (nSPS) is 10.2. The third kappa shape index (κ3) is 3.46. The Morgan fingerprint density at radius 3 is 2.23 bits per heavy atom. The Morgan fingerprint density at radius 2 is 1.77 bits per heavy atom. The molecule has 1 amide bonds. The molecule has 1 N–H and O–H groups in total. The maximum atomic E-state index is 12.2. The highest BCUT2D eigenvalue weighted by Crippen LogP contribution is 2.38. The molecule has 0 saturated carbocycles. The maximum Gasteiger partial charge on any atom is 0.251 e. The van der Waals surface area contributed by atoms with Crippen LogP contribution in [0.15, 0.2) is 28.7 Å². The largest absolute Gasteiger partial charge is 0.493 e. The molecule has 0 unspecified atom stereocenters. The van der Waals surface area contributed by atoms with Crippen LogP contribution in [0.4, 0.5) is 0 Å². The predicted octanol–water partition coefficient (Wildman–Crippen LogP) is 2.89. The van der Waals surface area contributed by atoms with Crippen LogP contribution in [0.25, 0.3) is 0 Å². The fraction of sp³-hybridized carbons (Fsp3) is 0.267. The molecule has 1 aromatic carbocycles. The molecule has 0 radical (unpaired) electrons. The molecule has 6 nitrogen and oxygen atoms in total. The Bertz CT molecular complexity index is 643. The van der Waals surface area contributed by atoms with Gasteiger partial charge in [-0.2, -0.15) is 0 Å². The summed E-state index contributed by atoms with van der Waals surface area (Å²) in [6, 6.07) is 6.46. The Morgan fingerprint density at radius 1 is 1.14 bits per heavy atom. The number of nitrogens with one attached hydrogen (secondary N) is 1. The number of carbonyl (C=O) groups is 1. The standard InChI is InChI=1S/C15H16ClNO5/c1-19-11-6-9(7-12(20-2)14(11)21-3)15(18)17-8-10-4-5-13(16)22-10/h4-7H,8H2,1-3H3,(H,17,18). The number of furan rings is 1. The number of methoxy groups -OCH3 is 3. The van der Waals surface area contributed by atoms with Crippen LogP contribution >= 0.6 is 11.6 Å². The fourth-order valence-electron chi connectivity index (χ4n) is 1.93. The smallest absolute Gasteiger partial charge is 0.251 e. The minimum Gasteiger partial charge on any atom is -0.493 e. The SMILES string of the molecule is COc1cc(C(=O)NCc2ccc(Cl)o2)cc(OC)c1OC. The first-order valence-corrected chi connectivity index (χ1v) is 6.79. The van der Waals surface area contributed by atoms with Crippen LogP contribution < -0.4 is 19.5 Å². The van der Waals surface area contributed by atoms with E-state index < -0.39 is 0 Å². The molecule has 0 atom stereocenters. The van der Waals surface area contributed by atoms with Crippen LogP contribution in [-0.2, 0) is 6.54 Å². The monoisotopic (exact) mass is 325 g/mol. The number of amides is 1. The molecule has 0 spiro atoms. The quantitative estimate of drug-likeness (QED) is 0.884. The van der Waals surface area contributed by atoms with E-state index in [0.717, 1.165) is 0 Å². The number of hydrogen-bond donors (Lipinski definition) is 1. The third-order valence-electron chi connectivity index (χ3n) is 2.98. The van der Waals surface area contributed by atoms with Crippen LogP contribution in [0.2, 0.25) is 5.22 Å². The second kappa shape index (κ2) is 7.09. The van der Waals surface area contributed by atoms with Crippen LogP contribution in [0.3, 0.4) is 0 Å². The Hall–Kier alpha value is -2.34. The molecule has 1 aromatic heterocycles. The molecule has 0 fully saturated rings. The molecule has 1 heterocycles. The van der Waals surface area contributed by atoms with Gasteiger partial charge in [0.05, 0.1) is 27.9 Å². The third-order valence-corrected chi connectivity index (χ3v) is 3.18. The van der Waals surface area contributed by atoms with E-state index >= 15 is 0 Å². The molecule has 2 aromatic rings. The molecule has 2 rings (SSSR count). The molecule has 0 saturated heterocycles. The summed E-state index contributed by atoms with van der Waals surface area (Å²) >= 11 is 5.68. The molecular formula is C15H16ClNO5. The van der Waals surface area contributed by atoms with Crippen molar-refractivity contribution in [1.82, 2.24) is 5.32 Å². The summed E-state index contributed by atoms with van der Waals surface area (Å²) in [7, 11) is 4.48. The predicted molar refractivity (Wildman–Crippen MR) is 81.0 cm³/mol. The van der Waals surface area contributed by atoms with Gasteiger partial charge in [0.1, 0.15) is 5.76 Å². The summed E-state index contributed by atoms with van der Waals surface area (Å²) in [6.07, 6.45) is 0. The highest BCUT2D eigenvalue weighted by atomic mass is 35.5. The molecule has 22 heavy (non-hydrogen) atoms. The van der Waals surface area contributed by atoms with E-state index in [1.165, 1.54) is 21.3 Å². The molecule has 118 valence electrons. The van der Waals surface area contributed by atoms with E-state index in [4.69, 9.17) is 30.2 Å². The van der Waals surface area contributed by atoms with Crippen LogP contribution in [-0.4, -0.2) is 27.2 Å². The molecule has 0 bridgehead atoms. The van der Waals surface area contributed by atoms with Gasteiger partial charge in [0.25, 0.3) is 5.91 Å². The van der Waals surface area contributed by atoms with Crippen molar-refractivity contribution >= 4 is 17.5 Å². The first-order valence-electron chi connectivity index (χ1n) is 6.41. The number of hydrogen-bond acceptors (Lipinski definition) is 5. The second-order valence-corrected chi connectivity index (χ2v) is 4.68. The van der Waals surface area contributed by atoms with E-state index in [1.54, 1.807) is 24.3 Å². The zero-order valence-corrected chi connectivity index (χ0v) is 13.2. The van der Waals surface area contributed by atoms with Gasteiger partial charge in [0, 0.05) is 5.56 Å². The minimum absolute atomic E-state index is 0.224. The lowest BCUT2D eigenvalue weighted by atomic mass is 10.1. The van der Waals surface area contributed by atoms with E-state index in [9.17, 15) is 4.79 Å². The highest BCUT2D eigenvalue weighted by Gasteiger charge is 2.17. The van der Waals surface area contributed by atoms with Crippen LogP contribution in [0, 0.1) is 0 Å². The van der Waals surface area contributed by atoms with Crippen molar-refractivity contribution in [3.8, 4) is 17.2 Å². The van der Waals surface area contributed by atoms with Gasteiger partial charge < -0.3 is 23.9 Å². The summed E-state index contributed by atoms with van der Waals surface area (Å²) in [5, 5.41) is 3.00. The topological polar surface area (TPSA) is 69.9 Å². The summed E-state index contributed by atoms with van der Waals surface area (Å²) < 4.78 is 20.8. The minimum atomic E-state index is -0.299. The summed E-state index contributed by atoms with van der Waals surface area (Å²) in [5.41, 5.74) is 0.382. The van der Waals surface area contributed by atoms with E-state index in [0.29, 0.717) is 28.6 Å². The van der Waals surface area contributed by atoms with Crippen LogP contribution in [0.1, 0.15) is 16.1 Å². The van der Waals surface area contributed by atoms with Gasteiger partial charge in [0.2, 0.25) is 5.75 Å². The zero-order valence-electron chi connectivity index (χ0n) is 12.4. The first-order chi connectivity index (χ1) is 10.6. The van der Waals surface area contributed by atoms with Gasteiger partial charge in [-0.1, -0.05) is 0 Å². The van der Waals surface area contributed by atoms with Crippen molar-refractivity contribution in [1.29, 1.82) is 0 Å². The number of halogens is 1. The van der Waals surface area contributed by atoms with Crippen molar-refractivity contribution in [3.63, 3.8) is 0 Å². The van der Waals surface area contributed by atoms with E-state index in [1.807, 2.05) is 0 Å². The maximum absolute atomic E-state index is 12.2. The molecule has 7 heteroatoms. The van der Waals surface area contributed by atoms with Gasteiger partial charge in [0.15, 0.2) is 16.7 Å².